The van der Waals surface area contributed by atoms with Gasteiger partial charge in [-0.2, -0.15) is 11.8 Å². The fourth-order valence-corrected chi connectivity index (χ4v) is 3.87. The van der Waals surface area contributed by atoms with Crippen molar-refractivity contribution in [2.45, 2.75) is 38.5 Å². The summed E-state index contributed by atoms with van der Waals surface area (Å²) in [6.45, 7) is 10.8. The molecule has 1 N–H and O–H groups in total. The predicted octanol–water partition coefficient (Wildman–Crippen LogP) is 4.17. The summed E-state index contributed by atoms with van der Waals surface area (Å²) in [5, 5.41) is 4.22. The van der Waals surface area contributed by atoms with Crippen LogP contribution < -0.4 is 10.2 Å². The molecule has 0 unspecified atom stereocenters. The van der Waals surface area contributed by atoms with E-state index in [4.69, 9.17) is 11.6 Å². The summed E-state index contributed by atoms with van der Waals surface area (Å²) < 4.78 is 0.381. The lowest BCUT2D eigenvalue weighted by Crippen LogP contribution is -2.27. The number of thioether (sulfide) groups is 1. The second-order valence-corrected chi connectivity index (χ2v) is 8.12. The van der Waals surface area contributed by atoms with Crippen molar-refractivity contribution in [1.82, 2.24) is 5.32 Å². The van der Waals surface area contributed by atoms with E-state index in [2.05, 4.69) is 60.9 Å². The lowest BCUT2D eigenvalue weighted by Gasteiger charge is -2.25. The molecule has 0 spiro atoms. The monoisotopic (exact) mass is 312 g/mol. The summed E-state index contributed by atoms with van der Waals surface area (Å²) in [6.07, 6.45) is 1.20. The fraction of sp³-hybridized carbons (Fsp3) is 0.625. The van der Waals surface area contributed by atoms with Crippen LogP contribution in [0.15, 0.2) is 18.2 Å². The van der Waals surface area contributed by atoms with Gasteiger partial charge in [0.1, 0.15) is 0 Å². The third kappa shape index (κ3) is 4.31. The highest BCUT2D eigenvalue weighted by Crippen LogP contribution is 2.34. The van der Waals surface area contributed by atoms with Crippen LogP contribution >= 0.6 is 23.4 Å². The molecule has 1 aromatic carbocycles. The largest absolute Gasteiger partial charge is 0.369 e. The Bertz CT molecular complexity index is 448. The first-order valence-corrected chi connectivity index (χ1v) is 8.76. The van der Waals surface area contributed by atoms with Crippen LogP contribution in [0, 0.1) is 0 Å². The van der Waals surface area contributed by atoms with Crippen LogP contribution in [0.1, 0.15) is 32.8 Å². The van der Waals surface area contributed by atoms with Gasteiger partial charge in [0.25, 0.3) is 0 Å². The van der Waals surface area contributed by atoms with E-state index in [0.717, 1.165) is 31.2 Å². The van der Waals surface area contributed by atoms with Crippen molar-refractivity contribution in [2.24, 2.45) is 0 Å². The minimum absolute atomic E-state index is 0.381. The lowest BCUT2D eigenvalue weighted by atomic mass is 10.1. The van der Waals surface area contributed by atoms with Gasteiger partial charge in [-0.05, 0) is 30.7 Å². The topological polar surface area (TPSA) is 15.3 Å². The van der Waals surface area contributed by atoms with Gasteiger partial charge in [-0.1, -0.05) is 38.4 Å². The van der Waals surface area contributed by atoms with Crippen molar-refractivity contribution in [3.8, 4) is 0 Å². The summed E-state index contributed by atoms with van der Waals surface area (Å²) in [5.41, 5.74) is 2.44. The summed E-state index contributed by atoms with van der Waals surface area (Å²) in [4.78, 5) is 2.43. The Morgan fingerprint density at radius 2 is 2.15 bits per heavy atom. The highest BCUT2D eigenvalue weighted by atomic mass is 35.5. The maximum absolute atomic E-state index is 6.49. The van der Waals surface area contributed by atoms with Gasteiger partial charge in [0.05, 0.1) is 10.7 Å². The number of anilines is 1. The molecule has 2 nitrogen and oxygen atoms in total. The summed E-state index contributed by atoms with van der Waals surface area (Å²) in [7, 11) is 0. The normalized spacial score (nSPS) is 18.9. The van der Waals surface area contributed by atoms with E-state index in [1.807, 2.05) is 0 Å². The van der Waals surface area contributed by atoms with Crippen LogP contribution in [0.3, 0.4) is 0 Å². The Morgan fingerprint density at radius 1 is 1.35 bits per heavy atom. The van der Waals surface area contributed by atoms with Crippen LogP contribution in [-0.2, 0) is 6.54 Å². The Morgan fingerprint density at radius 3 is 2.85 bits per heavy atom. The zero-order valence-corrected chi connectivity index (χ0v) is 14.3. The standard InChI is InChI=1S/C16H25ClN2S/c1-4-18-12-13-5-6-15(14(17)11-13)19-8-7-16(2,3)20-10-9-19/h5-6,11,18H,4,7-10,12H2,1-3H3. The molecule has 1 saturated heterocycles. The molecule has 0 radical (unpaired) electrons. The fourth-order valence-electron chi connectivity index (χ4n) is 2.45. The Hall–Kier alpha value is -0.380. The van der Waals surface area contributed by atoms with E-state index >= 15 is 0 Å². The van der Waals surface area contributed by atoms with Gasteiger partial charge in [0, 0.05) is 30.1 Å². The number of nitrogens with one attached hydrogen (secondary N) is 1. The van der Waals surface area contributed by atoms with E-state index in [-0.39, 0.29) is 0 Å². The lowest BCUT2D eigenvalue weighted by molar-refractivity contribution is 0.637. The molecule has 1 aliphatic rings. The van der Waals surface area contributed by atoms with Crippen molar-refractivity contribution < 1.29 is 0 Å². The molecule has 1 aliphatic heterocycles. The smallest absolute Gasteiger partial charge is 0.0642 e. The first-order chi connectivity index (χ1) is 9.52. The average Bonchev–Trinajstić information content (AvgIpc) is 2.58. The van der Waals surface area contributed by atoms with E-state index in [1.54, 1.807) is 0 Å². The molecular formula is C16H25ClN2S. The molecule has 112 valence electrons. The van der Waals surface area contributed by atoms with Crippen molar-refractivity contribution in [3.63, 3.8) is 0 Å². The van der Waals surface area contributed by atoms with Crippen LogP contribution in [-0.4, -0.2) is 30.1 Å². The van der Waals surface area contributed by atoms with Crippen LogP contribution in [0.5, 0.6) is 0 Å². The number of rotatable bonds is 4. The number of halogens is 1. The third-order valence-corrected chi connectivity index (χ3v) is 5.44. The molecule has 2 rings (SSSR count). The molecule has 0 amide bonds. The molecule has 1 aromatic rings. The van der Waals surface area contributed by atoms with E-state index in [1.165, 1.54) is 23.4 Å². The molecule has 0 aliphatic carbocycles. The maximum atomic E-state index is 6.49. The van der Waals surface area contributed by atoms with Gasteiger partial charge < -0.3 is 10.2 Å². The van der Waals surface area contributed by atoms with Gasteiger partial charge in [-0.15, -0.1) is 0 Å². The van der Waals surface area contributed by atoms with Crippen molar-refractivity contribution in [2.75, 3.05) is 30.3 Å². The SMILES string of the molecule is CCNCc1ccc(N2CCSC(C)(C)CC2)c(Cl)c1. The van der Waals surface area contributed by atoms with Gasteiger partial charge in [-0.25, -0.2) is 0 Å². The molecule has 20 heavy (non-hydrogen) atoms. The van der Waals surface area contributed by atoms with Gasteiger partial charge >= 0.3 is 0 Å². The van der Waals surface area contributed by atoms with E-state index in [9.17, 15) is 0 Å². The van der Waals surface area contributed by atoms with Gasteiger partial charge in [0.2, 0.25) is 0 Å². The summed E-state index contributed by atoms with van der Waals surface area (Å²) in [6, 6.07) is 6.47. The van der Waals surface area contributed by atoms with Crippen LogP contribution in [0.4, 0.5) is 5.69 Å². The highest BCUT2D eigenvalue weighted by molar-refractivity contribution is 8.00. The van der Waals surface area contributed by atoms with Crippen molar-refractivity contribution in [3.05, 3.63) is 28.8 Å². The molecule has 1 fully saturated rings. The molecule has 1 heterocycles. The first-order valence-electron chi connectivity index (χ1n) is 7.40. The molecule has 0 aromatic heterocycles. The Kier molecular flexibility index (Phi) is 5.65. The van der Waals surface area contributed by atoms with E-state index in [0.29, 0.717) is 4.75 Å². The number of benzene rings is 1. The average molecular weight is 313 g/mol. The number of hydrogen-bond donors (Lipinski definition) is 1. The number of nitrogens with zero attached hydrogens (tertiary/aromatic N) is 1. The molecule has 4 heteroatoms. The van der Waals surface area contributed by atoms with Crippen LogP contribution in [0.2, 0.25) is 5.02 Å². The highest BCUT2D eigenvalue weighted by Gasteiger charge is 2.24. The Balaban J connectivity index is 2.08. The minimum Gasteiger partial charge on any atom is -0.369 e. The maximum Gasteiger partial charge on any atom is 0.0642 e. The Labute approximate surface area is 132 Å². The zero-order chi connectivity index (χ0) is 14.6. The second-order valence-electron chi connectivity index (χ2n) is 5.91. The third-order valence-electron chi connectivity index (χ3n) is 3.77. The molecule has 0 bridgehead atoms. The zero-order valence-electron chi connectivity index (χ0n) is 12.7. The van der Waals surface area contributed by atoms with E-state index < -0.39 is 0 Å². The minimum atomic E-state index is 0.381. The molecule has 0 saturated carbocycles. The predicted molar refractivity (Wildman–Crippen MR) is 92.2 cm³/mol. The van der Waals surface area contributed by atoms with Gasteiger partial charge in [0.15, 0.2) is 0 Å². The number of hydrogen-bond acceptors (Lipinski definition) is 3. The summed E-state index contributed by atoms with van der Waals surface area (Å²) in [5.74, 6) is 1.17. The first kappa shape index (κ1) is 16.0. The van der Waals surface area contributed by atoms with Crippen molar-refractivity contribution in [1.29, 1.82) is 0 Å². The molecule has 0 atom stereocenters. The van der Waals surface area contributed by atoms with Gasteiger partial charge in [-0.3, -0.25) is 0 Å². The molecular weight excluding hydrogens is 288 g/mol. The van der Waals surface area contributed by atoms with Crippen LogP contribution in [0.25, 0.3) is 0 Å². The van der Waals surface area contributed by atoms with Crippen molar-refractivity contribution >= 4 is 29.1 Å². The second kappa shape index (κ2) is 7.06. The summed E-state index contributed by atoms with van der Waals surface area (Å²) >= 11 is 8.55. The quantitative estimate of drug-likeness (QED) is 0.898.